The molecule has 2 N–H and O–H groups in total. The number of carbonyl (C=O) groups excluding carboxylic acids is 3. The summed E-state index contributed by atoms with van der Waals surface area (Å²) in [6, 6.07) is 79.6. The Balaban J connectivity index is 0.965. The average molecular weight is 1070 g/mol. The molecule has 0 radical (unpaired) electrons. The van der Waals surface area contributed by atoms with Gasteiger partial charge in [-0.3, -0.25) is 14.5 Å². The molecule has 2 aliphatic rings. The van der Waals surface area contributed by atoms with Crippen molar-refractivity contribution < 1.29 is 24.0 Å². The molecule has 380 valence electrons. The molecule has 2 aliphatic heterocycles. The molecule has 2 amide bonds. The number of ether oxygens (including phenoxy) is 1. The maximum absolute atomic E-state index is 15.4. The van der Waals surface area contributed by atoms with Gasteiger partial charge in [0.2, 0.25) is 0 Å². The van der Waals surface area contributed by atoms with Gasteiger partial charge >= 0.3 is 5.97 Å². The first-order valence-electron chi connectivity index (χ1n) is 25.1. The van der Waals surface area contributed by atoms with Crippen LogP contribution in [0.4, 0.5) is 5.13 Å². The van der Waals surface area contributed by atoms with Crippen molar-refractivity contribution in [2.75, 3.05) is 18.2 Å². The summed E-state index contributed by atoms with van der Waals surface area (Å²) in [5.74, 6) is 0.761. The van der Waals surface area contributed by atoms with E-state index in [1.165, 1.54) is 35.1 Å². The molecule has 77 heavy (non-hydrogen) atoms. The first-order valence-corrected chi connectivity index (χ1v) is 28.9. The van der Waals surface area contributed by atoms with Crippen LogP contribution >= 0.6 is 30.0 Å². The highest BCUT2D eigenvalue weighted by molar-refractivity contribution is 8.00. The van der Waals surface area contributed by atoms with Crippen molar-refractivity contribution in [1.82, 2.24) is 15.2 Å². The molecule has 0 aliphatic carbocycles. The number of thiazole rings is 1. The van der Waals surface area contributed by atoms with Crippen LogP contribution in [-0.2, 0) is 29.5 Å². The van der Waals surface area contributed by atoms with Crippen LogP contribution in [0.2, 0.25) is 0 Å². The summed E-state index contributed by atoms with van der Waals surface area (Å²) in [7, 11) is 1.36. The molecule has 1 unspecified atom stereocenters. The molecule has 1 fully saturated rings. The fourth-order valence-corrected chi connectivity index (χ4v) is 16.4. The monoisotopic (exact) mass is 1070 g/mol. The van der Waals surface area contributed by atoms with Gasteiger partial charge in [0.25, 0.3) is 11.8 Å². The minimum Gasteiger partial charge on any atom is -0.448 e. The quantitative estimate of drug-likeness (QED) is 0.0231. The first-order chi connectivity index (χ1) is 37.9. The van der Waals surface area contributed by atoms with Crippen LogP contribution in [0, 0.1) is 0 Å². The third-order valence-corrected chi connectivity index (χ3v) is 19.9. The van der Waals surface area contributed by atoms with Crippen molar-refractivity contribution in [3.05, 3.63) is 293 Å². The minimum absolute atomic E-state index is 0.116. The van der Waals surface area contributed by atoms with E-state index < -0.39 is 47.7 Å². The van der Waals surface area contributed by atoms with Gasteiger partial charge in [-0.2, -0.15) is 0 Å². The Hall–Kier alpha value is -8.54. The lowest BCUT2D eigenvalue weighted by atomic mass is 9.77. The molecule has 0 saturated carbocycles. The third-order valence-electron chi connectivity index (χ3n) is 13.8. The maximum atomic E-state index is 15.4. The van der Waals surface area contributed by atoms with Gasteiger partial charge in [-0.1, -0.05) is 248 Å². The molecule has 2 atom stereocenters. The van der Waals surface area contributed by atoms with E-state index in [1.807, 2.05) is 170 Å². The number of rotatable bonds is 17. The van der Waals surface area contributed by atoms with E-state index in [2.05, 4.69) is 94.4 Å². The summed E-state index contributed by atoms with van der Waals surface area (Å²) in [5.41, 5.74) is 4.54. The van der Waals surface area contributed by atoms with E-state index in [9.17, 15) is 4.79 Å². The minimum atomic E-state index is -2.70. The van der Waals surface area contributed by atoms with Crippen LogP contribution in [0.5, 0.6) is 0 Å². The lowest BCUT2D eigenvalue weighted by Gasteiger charge is -2.49. The highest BCUT2D eigenvalue weighted by Gasteiger charge is 2.55. The van der Waals surface area contributed by atoms with Crippen LogP contribution in [0.1, 0.15) is 39.6 Å². The number of carbonyl (C=O) groups is 3. The lowest BCUT2D eigenvalue weighted by Crippen LogP contribution is -2.71. The van der Waals surface area contributed by atoms with E-state index in [0.29, 0.717) is 16.5 Å². The molecule has 0 bridgehead atoms. The standard InChI is InChI=1S/C64H52N5O5PS2/c1-73-68-55(54-44-77-63(65-54)67-64(48-30-14-4-15-31-48,49-32-16-5-17-33-49)50-34-18-6-19-35-50)59(70)66-56-60(71)69-57(62(72)74-58(45-26-10-2-11-27-45)46-28-12-3-13-29-46)47(43-76-61(56)69)42-75(51-36-20-7-21-37-51,52-38-22-8-23-39-52)53-40-24-9-25-41-53/h2-42,44,56,58,61H,43H2,1H3,(H,65,67)(H,66,70)/t56?,61-/m0/s1. The predicted molar refractivity (Wildman–Crippen MR) is 313 cm³/mol. The number of nitrogens with one attached hydrogen (secondary N) is 2. The Kier molecular flexibility index (Phi) is 14.9. The Morgan fingerprint density at radius 1 is 0.649 bits per heavy atom. The molecule has 11 rings (SSSR count). The molecule has 9 aromatic rings. The number of esters is 1. The molecular formula is C64H52N5O5PS2. The number of aromatic nitrogens is 1. The van der Waals surface area contributed by atoms with Crippen molar-refractivity contribution in [2.45, 2.75) is 23.1 Å². The number of anilines is 1. The van der Waals surface area contributed by atoms with Gasteiger partial charge in [-0.15, -0.1) is 23.1 Å². The Bertz CT molecular complexity index is 3390. The van der Waals surface area contributed by atoms with Crippen molar-refractivity contribution >= 4 is 80.3 Å². The van der Waals surface area contributed by atoms with E-state index in [4.69, 9.17) is 14.6 Å². The summed E-state index contributed by atoms with van der Waals surface area (Å²) < 4.78 is 6.65. The van der Waals surface area contributed by atoms with Crippen LogP contribution in [0.3, 0.4) is 0 Å². The number of fused-ring (bicyclic) bond motifs is 1. The van der Waals surface area contributed by atoms with Crippen molar-refractivity contribution in [1.29, 1.82) is 0 Å². The predicted octanol–water partition coefficient (Wildman–Crippen LogP) is 10.7. The highest BCUT2D eigenvalue weighted by Crippen LogP contribution is 2.48. The molecule has 3 heterocycles. The Morgan fingerprint density at radius 3 is 1.52 bits per heavy atom. The Morgan fingerprint density at radius 2 is 1.08 bits per heavy atom. The fraction of sp³-hybridized carbons (Fsp3) is 0.0938. The van der Waals surface area contributed by atoms with Gasteiger partial charge in [-0.25, -0.2) is 9.78 Å². The zero-order valence-corrected chi connectivity index (χ0v) is 44.4. The third kappa shape index (κ3) is 9.95. The second kappa shape index (κ2) is 22.7. The number of oxime groups is 1. The maximum Gasteiger partial charge on any atom is 0.356 e. The lowest BCUT2D eigenvalue weighted by molar-refractivity contribution is -0.154. The van der Waals surface area contributed by atoms with Gasteiger partial charge < -0.3 is 20.2 Å². The van der Waals surface area contributed by atoms with Crippen molar-refractivity contribution in [3.63, 3.8) is 0 Å². The molecule has 10 nitrogen and oxygen atoms in total. The molecule has 8 aromatic carbocycles. The fourth-order valence-electron chi connectivity index (χ4n) is 10.3. The first kappa shape index (κ1) is 50.6. The summed E-state index contributed by atoms with van der Waals surface area (Å²) in [6.45, 7) is -2.70. The zero-order valence-electron chi connectivity index (χ0n) is 41.8. The summed E-state index contributed by atoms with van der Waals surface area (Å²) in [6.07, 6.45) is -0.793. The SMILES string of the molecule is CON=C(C(=O)NC1C(=O)N2C(C(=O)OC(c3ccccc3)c3ccccc3)=C(C=P(c3ccccc3)(c3ccccc3)c3ccccc3)CS[C@@H]12)c1csc(NC(c2ccccc2)(c2ccccc2)c2ccccc2)n1. The van der Waals surface area contributed by atoms with E-state index >= 15 is 9.59 Å². The number of β-lactam (4-membered cyclic amide) rings is 1. The summed E-state index contributed by atoms with van der Waals surface area (Å²) >= 11 is 2.79. The zero-order chi connectivity index (χ0) is 52.6. The normalized spacial score (nSPS) is 15.5. The van der Waals surface area contributed by atoms with E-state index in [-0.39, 0.29) is 17.1 Å². The second-order valence-corrected chi connectivity index (χ2v) is 23.5. The Labute approximate surface area is 456 Å². The topological polar surface area (TPSA) is 122 Å². The molecule has 0 spiro atoms. The van der Waals surface area contributed by atoms with Crippen LogP contribution in [0.15, 0.2) is 264 Å². The number of benzene rings is 8. The van der Waals surface area contributed by atoms with E-state index in [0.717, 1.165) is 43.7 Å². The summed E-state index contributed by atoms with van der Waals surface area (Å²) in [4.78, 5) is 56.9. The molecular weight excluding hydrogens is 1010 g/mol. The number of hydrogen-bond acceptors (Lipinski definition) is 10. The van der Waals surface area contributed by atoms with Gasteiger partial charge in [0.05, 0.1) is 0 Å². The van der Waals surface area contributed by atoms with Gasteiger partial charge in [0, 0.05) is 11.1 Å². The number of hydrogen-bond donors (Lipinski definition) is 2. The van der Waals surface area contributed by atoms with Crippen LogP contribution in [0.25, 0.3) is 0 Å². The van der Waals surface area contributed by atoms with Gasteiger partial charge in [-0.05, 0) is 62.0 Å². The van der Waals surface area contributed by atoms with Crippen LogP contribution < -0.4 is 26.5 Å². The number of amides is 2. The summed E-state index contributed by atoms with van der Waals surface area (Å²) in [5, 5.41) is 15.8. The molecule has 1 saturated heterocycles. The van der Waals surface area contributed by atoms with Crippen molar-refractivity contribution in [2.24, 2.45) is 5.16 Å². The number of thioether (sulfide) groups is 1. The average Bonchev–Trinajstić information content (AvgIpc) is 3.99. The largest absolute Gasteiger partial charge is 0.448 e. The van der Waals surface area contributed by atoms with Gasteiger partial charge in [0.1, 0.15) is 35.5 Å². The second-order valence-electron chi connectivity index (χ2n) is 18.3. The smallest absolute Gasteiger partial charge is 0.356 e. The molecule has 13 heteroatoms. The number of nitrogens with zero attached hydrogens (tertiary/aromatic N) is 3. The highest BCUT2D eigenvalue weighted by atomic mass is 32.2. The van der Waals surface area contributed by atoms with Crippen LogP contribution in [-0.4, -0.2) is 63.5 Å². The van der Waals surface area contributed by atoms with Gasteiger partial charge in [0.15, 0.2) is 16.9 Å². The van der Waals surface area contributed by atoms with Crippen molar-refractivity contribution in [3.8, 4) is 0 Å². The van der Waals surface area contributed by atoms with E-state index in [1.54, 1.807) is 5.38 Å². The molecule has 1 aromatic heterocycles.